The molecule has 0 heterocycles. The first kappa shape index (κ1) is 16.0. The van der Waals surface area contributed by atoms with E-state index in [0.29, 0.717) is 24.3 Å². The lowest BCUT2D eigenvalue weighted by atomic mass is 10.1. The highest BCUT2D eigenvalue weighted by atomic mass is 32.2. The molecule has 0 saturated carbocycles. The van der Waals surface area contributed by atoms with E-state index in [1.165, 1.54) is 0 Å². The van der Waals surface area contributed by atoms with E-state index in [-0.39, 0.29) is 11.5 Å². The van der Waals surface area contributed by atoms with Gasteiger partial charge >= 0.3 is 10.1 Å². The van der Waals surface area contributed by atoms with E-state index < -0.39 is 10.1 Å². The Kier molecular flexibility index (Phi) is 6.00. The van der Waals surface area contributed by atoms with E-state index >= 15 is 0 Å². The number of nitrogens with zero attached hydrogens (tertiary/aromatic N) is 2. The molecule has 0 radical (unpaired) electrons. The average molecular weight is 296 g/mol. The summed E-state index contributed by atoms with van der Waals surface area (Å²) in [5, 5.41) is 12.4. The van der Waals surface area contributed by atoms with Gasteiger partial charge in [0.05, 0.1) is 12.4 Å². The molecule has 0 spiro atoms. The molecule has 7 heteroatoms. The van der Waals surface area contributed by atoms with Gasteiger partial charge in [-0.15, -0.1) is 0 Å². The molecule has 0 saturated heterocycles. The van der Waals surface area contributed by atoms with Gasteiger partial charge in [-0.25, -0.2) is 0 Å². The summed E-state index contributed by atoms with van der Waals surface area (Å²) < 4.78 is 32.5. The quantitative estimate of drug-likeness (QED) is 0.567. The summed E-state index contributed by atoms with van der Waals surface area (Å²) >= 11 is 0. The minimum absolute atomic E-state index is 0.104. The zero-order valence-electron chi connectivity index (χ0n) is 11.4. The van der Waals surface area contributed by atoms with Crippen LogP contribution >= 0.6 is 0 Å². The van der Waals surface area contributed by atoms with Gasteiger partial charge < -0.3 is 4.74 Å². The first-order valence-electron chi connectivity index (χ1n) is 6.15. The highest BCUT2D eigenvalue weighted by Gasteiger charge is 2.11. The molecule has 1 aromatic carbocycles. The minimum atomic E-state index is -3.72. The number of nitriles is 1. The SMILES string of the molecule is CCCS(=O)(=O)O/N=C(\C#N)c1ccc(OCC)cc1. The summed E-state index contributed by atoms with van der Waals surface area (Å²) in [5.74, 6) is 0.520. The van der Waals surface area contributed by atoms with Crippen molar-refractivity contribution in [2.24, 2.45) is 5.16 Å². The summed E-state index contributed by atoms with van der Waals surface area (Å²) in [6.07, 6.45) is 0.419. The van der Waals surface area contributed by atoms with Crippen LogP contribution in [0.25, 0.3) is 0 Å². The largest absolute Gasteiger partial charge is 0.494 e. The molecule has 0 fully saturated rings. The summed E-state index contributed by atoms with van der Waals surface area (Å²) in [6, 6.07) is 8.38. The van der Waals surface area contributed by atoms with Crippen molar-refractivity contribution in [3.63, 3.8) is 0 Å². The van der Waals surface area contributed by atoms with Gasteiger partial charge in [-0.3, -0.25) is 4.28 Å². The zero-order chi connectivity index (χ0) is 15.0. The summed E-state index contributed by atoms with van der Waals surface area (Å²) in [6.45, 7) is 4.11. The maximum Gasteiger partial charge on any atom is 0.328 e. The topological polar surface area (TPSA) is 88.8 Å². The van der Waals surface area contributed by atoms with Gasteiger partial charge in [0, 0.05) is 5.56 Å². The van der Waals surface area contributed by atoms with Crippen molar-refractivity contribution in [1.29, 1.82) is 5.26 Å². The molecule has 0 N–H and O–H groups in total. The minimum Gasteiger partial charge on any atom is -0.494 e. The second kappa shape index (κ2) is 7.50. The predicted octanol–water partition coefficient (Wildman–Crippen LogP) is 2.07. The fraction of sp³-hybridized carbons (Fsp3) is 0.385. The third-order valence-electron chi connectivity index (χ3n) is 2.24. The molecule has 1 rings (SSSR count). The molecule has 1 aromatic rings. The van der Waals surface area contributed by atoms with E-state index in [1.54, 1.807) is 37.3 Å². The lowest BCUT2D eigenvalue weighted by molar-refractivity contribution is 0.338. The summed E-state index contributed by atoms with van der Waals surface area (Å²) in [7, 11) is -3.72. The Morgan fingerprint density at radius 3 is 2.45 bits per heavy atom. The van der Waals surface area contributed by atoms with Crippen LogP contribution in [0.3, 0.4) is 0 Å². The Morgan fingerprint density at radius 1 is 1.30 bits per heavy atom. The Hall–Kier alpha value is -2.07. The van der Waals surface area contributed by atoms with Crippen molar-refractivity contribution in [3.8, 4) is 11.8 Å². The normalized spacial score (nSPS) is 11.8. The second-order valence-electron chi connectivity index (χ2n) is 3.85. The molecule has 0 aliphatic rings. The monoisotopic (exact) mass is 296 g/mol. The van der Waals surface area contributed by atoms with Crippen LogP contribution in [0.2, 0.25) is 0 Å². The van der Waals surface area contributed by atoms with Crippen LogP contribution in [0.4, 0.5) is 0 Å². The van der Waals surface area contributed by atoms with Crippen LogP contribution in [-0.4, -0.2) is 26.5 Å². The Morgan fingerprint density at radius 2 is 1.95 bits per heavy atom. The number of ether oxygens (including phenoxy) is 1. The van der Waals surface area contributed by atoms with Crippen LogP contribution in [0, 0.1) is 11.3 Å². The highest BCUT2D eigenvalue weighted by Crippen LogP contribution is 2.13. The Labute approximate surface area is 118 Å². The fourth-order valence-electron chi connectivity index (χ4n) is 1.39. The Bertz CT molecular complexity index is 600. The van der Waals surface area contributed by atoms with E-state index in [9.17, 15) is 8.42 Å². The van der Waals surface area contributed by atoms with E-state index in [2.05, 4.69) is 9.44 Å². The molecule has 0 unspecified atom stereocenters. The molecule has 0 amide bonds. The maximum absolute atomic E-state index is 11.4. The predicted molar refractivity (Wildman–Crippen MR) is 74.9 cm³/mol. The lowest BCUT2D eigenvalue weighted by Gasteiger charge is -2.04. The van der Waals surface area contributed by atoms with E-state index in [0.717, 1.165) is 0 Å². The van der Waals surface area contributed by atoms with Crippen LogP contribution in [-0.2, 0) is 14.4 Å². The molecule has 0 aliphatic carbocycles. The molecule has 20 heavy (non-hydrogen) atoms. The van der Waals surface area contributed by atoms with Gasteiger partial charge in [0.15, 0.2) is 5.71 Å². The standard InChI is InChI=1S/C13H16N2O4S/c1-3-9-20(16,17)19-15-13(10-14)11-5-7-12(8-6-11)18-4-2/h5-8H,3-4,9H2,1-2H3/b15-13+. The number of oxime groups is 1. The summed E-state index contributed by atoms with van der Waals surface area (Å²) in [5.41, 5.74) is 0.357. The van der Waals surface area contributed by atoms with Gasteiger partial charge in [-0.2, -0.15) is 13.7 Å². The van der Waals surface area contributed by atoms with Crippen LogP contribution in [0.1, 0.15) is 25.8 Å². The van der Waals surface area contributed by atoms with Crippen LogP contribution in [0.15, 0.2) is 29.4 Å². The molecule has 108 valence electrons. The third-order valence-corrected chi connectivity index (χ3v) is 3.45. The number of rotatable bonds is 7. The fourth-order valence-corrected chi connectivity index (χ4v) is 2.16. The van der Waals surface area contributed by atoms with Crippen molar-refractivity contribution in [3.05, 3.63) is 29.8 Å². The van der Waals surface area contributed by atoms with Gasteiger partial charge in [0.2, 0.25) is 0 Å². The van der Waals surface area contributed by atoms with Crippen molar-refractivity contribution in [2.45, 2.75) is 20.3 Å². The summed E-state index contributed by atoms with van der Waals surface area (Å²) in [4.78, 5) is 0. The molecule has 0 bridgehead atoms. The maximum atomic E-state index is 11.4. The first-order valence-corrected chi connectivity index (χ1v) is 7.72. The molecule has 6 nitrogen and oxygen atoms in total. The third kappa shape index (κ3) is 4.90. The molecular weight excluding hydrogens is 280 g/mol. The van der Waals surface area contributed by atoms with Gasteiger partial charge in [-0.05, 0) is 37.6 Å². The highest BCUT2D eigenvalue weighted by molar-refractivity contribution is 7.86. The van der Waals surface area contributed by atoms with Gasteiger partial charge in [0.25, 0.3) is 0 Å². The molecule has 0 aliphatic heterocycles. The van der Waals surface area contributed by atoms with E-state index in [1.807, 2.05) is 6.92 Å². The smallest absolute Gasteiger partial charge is 0.328 e. The number of hydrogen-bond acceptors (Lipinski definition) is 6. The molecule has 0 atom stereocenters. The molecular formula is C13H16N2O4S. The van der Waals surface area contributed by atoms with Crippen molar-refractivity contribution in [1.82, 2.24) is 0 Å². The van der Waals surface area contributed by atoms with Crippen LogP contribution < -0.4 is 4.74 Å². The van der Waals surface area contributed by atoms with Crippen molar-refractivity contribution < 1.29 is 17.4 Å². The van der Waals surface area contributed by atoms with Crippen molar-refractivity contribution in [2.75, 3.05) is 12.4 Å². The number of hydrogen-bond donors (Lipinski definition) is 0. The number of benzene rings is 1. The van der Waals surface area contributed by atoms with E-state index in [4.69, 9.17) is 10.00 Å². The molecule has 0 aromatic heterocycles. The second-order valence-corrected chi connectivity index (χ2v) is 5.52. The van der Waals surface area contributed by atoms with Crippen LogP contribution in [0.5, 0.6) is 5.75 Å². The first-order chi connectivity index (χ1) is 9.52. The Balaban J connectivity index is 2.88. The van der Waals surface area contributed by atoms with Gasteiger partial charge in [-0.1, -0.05) is 12.1 Å². The lowest BCUT2D eigenvalue weighted by Crippen LogP contribution is -2.08. The zero-order valence-corrected chi connectivity index (χ0v) is 12.2. The van der Waals surface area contributed by atoms with Crippen molar-refractivity contribution >= 4 is 15.8 Å². The average Bonchev–Trinajstić information content (AvgIpc) is 2.41. The van der Waals surface area contributed by atoms with Gasteiger partial charge in [0.1, 0.15) is 11.8 Å².